The molecular weight excluding hydrogens is 395 g/mol. The summed E-state index contributed by atoms with van der Waals surface area (Å²) in [7, 11) is 0. The van der Waals surface area contributed by atoms with Crippen molar-refractivity contribution in [3.8, 4) is 11.3 Å². The third-order valence-electron chi connectivity index (χ3n) is 6.67. The third kappa shape index (κ3) is 3.76. The first-order chi connectivity index (χ1) is 15.1. The van der Waals surface area contributed by atoms with E-state index in [1.165, 1.54) is 6.07 Å². The number of rotatable bonds is 5. The molecule has 2 atom stereocenters. The fourth-order valence-electron chi connectivity index (χ4n) is 5.04. The number of carbonyl (C=O) groups is 1. The Bertz CT molecular complexity index is 1070. The van der Waals surface area contributed by atoms with Crippen LogP contribution in [0.3, 0.4) is 0 Å². The maximum atomic E-state index is 14.6. The van der Waals surface area contributed by atoms with Crippen LogP contribution in [-0.4, -0.2) is 32.8 Å². The number of aliphatic hydroxyl groups excluding tert-OH is 1. The van der Waals surface area contributed by atoms with E-state index in [9.17, 15) is 14.3 Å². The molecule has 5 nitrogen and oxygen atoms in total. The van der Waals surface area contributed by atoms with E-state index < -0.39 is 6.10 Å². The summed E-state index contributed by atoms with van der Waals surface area (Å²) in [5.41, 5.74) is 2.95. The van der Waals surface area contributed by atoms with E-state index in [0.29, 0.717) is 17.5 Å². The van der Waals surface area contributed by atoms with E-state index in [-0.39, 0.29) is 29.9 Å². The number of halogens is 1. The summed E-state index contributed by atoms with van der Waals surface area (Å²) in [5, 5.41) is 11.0. The standard InChI is InChI=1S/C25H25FN2O3/c26-20-8-4-7-19-22-14-27-15-28(22)21(24(19)20)13-23(29)16-9-11-18(12-10-16)31-25(30)17-5-2-1-3-6-17/h1-8,14-16,18,21,23,29H,9-13H2/t16-,18-,21-,23?/m0/s1. The normalized spacial score (nSPS) is 23.1. The Balaban J connectivity index is 1.21. The molecule has 0 radical (unpaired) electrons. The van der Waals surface area contributed by atoms with Gasteiger partial charge in [0.2, 0.25) is 0 Å². The van der Waals surface area contributed by atoms with Gasteiger partial charge < -0.3 is 14.4 Å². The summed E-state index contributed by atoms with van der Waals surface area (Å²) >= 11 is 0. The lowest BCUT2D eigenvalue weighted by Gasteiger charge is -2.32. The van der Waals surface area contributed by atoms with E-state index in [1.807, 2.05) is 28.8 Å². The first-order valence-corrected chi connectivity index (χ1v) is 10.9. The number of imidazole rings is 1. The highest BCUT2D eigenvalue weighted by atomic mass is 19.1. The highest BCUT2D eigenvalue weighted by molar-refractivity contribution is 5.89. The fraction of sp³-hybridized carbons (Fsp3) is 0.360. The van der Waals surface area contributed by atoms with Gasteiger partial charge in [-0.25, -0.2) is 14.2 Å². The Morgan fingerprint density at radius 1 is 1.13 bits per heavy atom. The molecule has 1 unspecified atom stereocenters. The van der Waals surface area contributed by atoms with E-state index in [2.05, 4.69) is 4.98 Å². The van der Waals surface area contributed by atoms with Gasteiger partial charge in [0.05, 0.1) is 35.9 Å². The van der Waals surface area contributed by atoms with E-state index in [4.69, 9.17) is 4.74 Å². The molecule has 6 heteroatoms. The van der Waals surface area contributed by atoms with Crippen LogP contribution < -0.4 is 0 Å². The number of hydrogen-bond acceptors (Lipinski definition) is 4. The second-order valence-corrected chi connectivity index (χ2v) is 8.51. The number of benzene rings is 2. The summed E-state index contributed by atoms with van der Waals surface area (Å²) in [5.74, 6) is -0.431. The molecule has 1 fully saturated rings. The van der Waals surface area contributed by atoms with Crippen molar-refractivity contribution in [2.24, 2.45) is 5.92 Å². The van der Waals surface area contributed by atoms with Crippen LogP contribution in [0, 0.1) is 11.7 Å². The fourth-order valence-corrected chi connectivity index (χ4v) is 5.04. The molecule has 2 heterocycles. The molecule has 5 rings (SSSR count). The maximum Gasteiger partial charge on any atom is 0.338 e. The van der Waals surface area contributed by atoms with Gasteiger partial charge >= 0.3 is 5.97 Å². The number of hydrogen-bond donors (Lipinski definition) is 1. The molecular formula is C25H25FN2O3. The first kappa shape index (κ1) is 19.9. The van der Waals surface area contributed by atoms with Gasteiger partial charge in [0, 0.05) is 11.1 Å². The van der Waals surface area contributed by atoms with Gasteiger partial charge in [-0.2, -0.15) is 0 Å². The monoisotopic (exact) mass is 420 g/mol. The van der Waals surface area contributed by atoms with Crippen molar-refractivity contribution in [3.63, 3.8) is 0 Å². The second kappa shape index (κ2) is 8.27. The quantitative estimate of drug-likeness (QED) is 0.605. The van der Waals surface area contributed by atoms with E-state index >= 15 is 0 Å². The van der Waals surface area contributed by atoms with Crippen LogP contribution in [0.25, 0.3) is 11.3 Å². The minimum atomic E-state index is -0.559. The van der Waals surface area contributed by atoms with Gasteiger partial charge in [0.15, 0.2) is 0 Å². The zero-order valence-corrected chi connectivity index (χ0v) is 17.2. The zero-order valence-electron chi connectivity index (χ0n) is 17.2. The number of esters is 1. The predicted molar refractivity (Wildman–Crippen MR) is 114 cm³/mol. The molecule has 2 aromatic carbocycles. The van der Waals surface area contributed by atoms with Crippen molar-refractivity contribution in [2.75, 3.05) is 0 Å². The van der Waals surface area contributed by atoms with Crippen molar-refractivity contribution >= 4 is 5.97 Å². The molecule has 1 saturated carbocycles. The maximum absolute atomic E-state index is 14.6. The molecule has 3 aromatic rings. The first-order valence-electron chi connectivity index (χ1n) is 10.9. The number of nitrogens with zero attached hydrogens (tertiary/aromatic N) is 2. The van der Waals surface area contributed by atoms with Crippen LogP contribution in [0.4, 0.5) is 4.39 Å². The Morgan fingerprint density at radius 2 is 1.90 bits per heavy atom. The minimum Gasteiger partial charge on any atom is -0.459 e. The van der Waals surface area contributed by atoms with Crippen molar-refractivity contribution in [1.29, 1.82) is 0 Å². The SMILES string of the molecule is O=C(O[C@H]1CC[C@H](C(O)C[C@H]2c3c(F)cccc3-c3cncn32)CC1)c1ccccc1. The molecule has 1 aromatic heterocycles. The van der Waals surface area contributed by atoms with Crippen LogP contribution in [-0.2, 0) is 4.74 Å². The molecule has 1 aliphatic carbocycles. The minimum absolute atomic E-state index is 0.106. The van der Waals surface area contributed by atoms with E-state index in [0.717, 1.165) is 36.9 Å². The van der Waals surface area contributed by atoms with Crippen LogP contribution in [0.2, 0.25) is 0 Å². The highest BCUT2D eigenvalue weighted by Gasteiger charge is 2.36. The van der Waals surface area contributed by atoms with Crippen LogP contribution in [0.5, 0.6) is 0 Å². The third-order valence-corrected chi connectivity index (χ3v) is 6.67. The number of aliphatic hydroxyl groups is 1. The smallest absolute Gasteiger partial charge is 0.338 e. The lowest BCUT2D eigenvalue weighted by molar-refractivity contribution is 0.000754. The average molecular weight is 420 g/mol. The second-order valence-electron chi connectivity index (χ2n) is 8.51. The van der Waals surface area contributed by atoms with Gasteiger partial charge in [-0.1, -0.05) is 30.3 Å². The van der Waals surface area contributed by atoms with Gasteiger partial charge in [0.1, 0.15) is 11.9 Å². The lowest BCUT2D eigenvalue weighted by Crippen LogP contribution is -2.31. The molecule has 0 spiro atoms. The summed E-state index contributed by atoms with van der Waals surface area (Å²) < 4.78 is 22.2. The summed E-state index contributed by atoms with van der Waals surface area (Å²) in [4.78, 5) is 16.5. The van der Waals surface area contributed by atoms with Crippen LogP contribution in [0.1, 0.15) is 54.1 Å². The van der Waals surface area contributed by atoms with Crippen molar-refractivity contribution in [3.05, 3.63) is 78.0 Å². The van der Waals surface area contributed by atoms with Gasteiger partial charge in [-0.3, -0.25) is 0 Å². The zero-order chi connectivity index (χ0) is 21.4. The largest absolute Gasteiger partial charge is 0.459 e. The summed E-state index contributed by atoms with van der Waals surface area (Å²) in [6.45, 7) is 0. The van der Waals surface area contributed by atoms with E-state index in [1.54, 1.807) is 30.7 Å². The van der Waals surface area contributed by atoms with Gasteiger partial charge in [0.25, 0.3) is 0 Å². The Morgan fingerprint density at radius 3 is 2.68 bits per heavy atom. The summed E-state index contributed by atoms with van der Waals surface area (Å²) in [6.07, 6.45) is 6.23. The molecule has 2 aliphatic rings. The molecule has 0 bridgehead atoms. The number of carbonyl (C=O) groups excluding carboxylic acids is 1. The molecule has 0 saturated heterocycles. The topological polar surface area (TPSA) is 64.3 Å². The average Bonchev–Trinajstić information content (AvgIpc) is 3.38. The van der Waals surface area contributed by atoms with Crippen LogP contribution in [0.15, 0.2) is 61.1 Å². The molecule has 1 N–H and O–H groups in total. The molecule has 160 valence electrons. The molecule has 31 heavy (non-hydrogen) atoms. The Hall–Kier alpha value is -2.99. The van der Waals surface area contributed by atoms with Gasteiger partial charge in [-0.15, -0.1) is 0 Å². The van der Waals surface area contributed by atoms with Crippen molar-refractivity contribution in [1.82, 2.24) is 9.55 Å². The van der Waals surface area contributed by atoms with Crippen molar-refractivity contribution < 1.29 is 19.0 Å². The predicted octanol–water partition coefficient (Wildman–Crippen LogP) is 4.76. The number of fused-ring (bicyclic) bond motifs is 3. The lowest BCUT2D eigenvalue weighted by atomic mass is 9.81. The Kier molecular flexibility index (Phi) is 5.32. The van der Waals surface area contributed by atoms with Crippen LogP contribution >= 0.6 is 0 Å². The molecule has 1 aliphatic heterocycles. The number of aromatic nitrogens is 2. The summed E-state index contributed by atoms with van der Waals surface area (Å²) in [6, 6.07) is 13.8. The van der Waals surface area contributed by atoms with Crippen molar-refractivity contribution in [2.45, 2.75) is 50.4 Å². The van der Waals surface area contributed by atoms with Gasteiger partial charge in [-0.05, 0) is 56.2 Å². The number of ether oxygens (including phenoxy) is 1. The Labute approximate surface area is 180 Å². The molecule has 0 amide bonds. The highest BCUT2D eigenvalue weighted by Crippen LogP contribution is 2.44.